The van der Waals surface area contributed by atoms with Crippen molar-refractivity contribution in [2.45, 2.75) is 39.2 Å². The van der Waals surface area contributed by atoms with Crippen LogP contribution in [0, 0.1) is 0 Å². The van der Waals surface area contributed by atoms with Crippen LogP contribution in [0.25, 0.3) is 0 Å². The fraction of sp³-hybridized carbons (Fsp3) is 0.727. The van der Waals surface area contributed by atoms with Gasteiger partial charge < -0.3 is 10.6 Å². The van der Waals surface area contributed by atoms with Gasteiger partial charge in [-0.25, -0.2) is 0 Å². The molecular weight excluding hydrogens is 176 g/mol. The van der Waals surface area contributed by atoms with Crippen LogP contribution in [0.1, 0.15) is 33.1 Å². The van der Waals surface area contributed by atoms with E-state index in [4.69, 9.17) is 5.73 Å². The average Bonchev–Trinajstić information content (AvgIpc) is 2.17. The molecule has 1 aliphatic heterocycles. The van der Waals surface area contributed by atoms with Gasteiger partial charge in [0.25, 0.3) is 0 Å². The Kier molecular flexibility index (Phi) is 4.14. The summed E-state index contributed by atoms with van der Waals surface area (Å²) in [5.41, 5.74) is 6.67. The number of carbonyl (C=O) groups excluding carboxylic acids is 1. The molecule has 80 valence electrons. The molecule has 1 amide bonds. The Morgan fingerprint density at radius 2 is 2.36 bits per heavy atom. The number of piperidine rings is 1. The number of allylic oxidation sites excluding steroid dienone is 1. The molecule has 0 aromatic heterocycles. The van der Waals surface area contributed by atoms with E-state index in [9.17, 15) is 4.79 Å². The van der Waals surface area contributed by atoms with Crippen molar-refractivity contribution < 1.29 is 4.79 Å². The molecule has 1 saturated heterocycles. The van der Waals surface area contributed by atoms with Gasteiger partial charge in [-0.2, -0.15) is 0 Å². The van der Waals surface area contributed by atoms with Crippen LogP contribution in [-0.2, 0) is 4.79 Å². The minimum atomic E-state index is 0.155. The zero-order valence-electron chi connectivity index (χ0n) is 9.12. The highest BCUT2D eigenvalue weighted by atomic mass is 16.2. The number of hydrogen-bond donors (Lipinski definition) is 1. The SMILES string of the molecule is CCC=C(C)C(=O)N1CCCC(N)C1. The summed E-state index contributed by atoms with van der Waals surface area (Å²) in [5.74, 6) is 0.155. The van der Waals surface area contributed by atoms with Gasteiger partial charge >= 0.3 is 0 Å². The molecule has 0 aliphatic carbocycles. The molecule has 1 fully saturated rings. The molecule has 0 spiro atoms. The quantitative estimate of drug-likeness (QED) is 0.676. The summed E-state index contributed by atoms with van der Waals surface area (Å²) in [6.07, 6.45) is 4.96. The molecule has 3 heteroatoms. The van der Waals surface area contributed by atoms with Gasteiger partial charge in [-0.05, 0) is 26.2 Å². The monoisotopic (exact) mass is 196 g/mol. The fourth-order valence-electron chi connectivity index (χ4n) is 1.84. The Morgan fingerprint density at radius 3 is 2.93 bits per heavy atom. The molecule has 14 heavy (non-hydrogen) atoms. The Hall–Kier alpha value is -0.830. The lowest BCUT2D eigenvalue weighted by molar-refractivity contribution is -0.128. The summed E-state index contributed by atoms with van der Waals surface area (Å²) in [6, 6.07) is 0.169. The first kappa shape index (κ1) is 11.2. The number of nitrogens with zero attached hydrogens (tertiary/aromatic N) is 1. The highest BCUT2D eigenvalue weighted by molar-refractivity contribution is 5.92. The topological polar surface area (TPSA) is 46.3 Å². The maximum atomic E-state index is 11.8. The molecule has 0 aromatic rings. The van der Waals surface area contributed by atoms with Gasteiger partial charge in [0.15, 0.2) is 0 Å². The third-order valence-electron chi connectivity index (χ3n) is 2.59. The van der Waals surface area contributed by atoms with E-state index in [1.165, 1.54) is 0 Å². The molecule has 1 unspecified atom stereocenters. The molecule has 1 heterocycles. The summed E-state index contributed by atoms with van der Waals surface area (Å²) in [6.45, 7) is 5.50. The van der Waals surface area contributed by atoms with Crippen molar-refractivity contribution in [3.63, 3.8) is 0 Å². The normalized spacial score (nSPS) is 23.8. The summed E-state index contributed by atoms with van der Waals surface area (Å²) < 4.78 is 0. The van der Waals surface area contributed by atoms with Crippen LogP contribution >= 0.6 is 0 Å². The first-order valence-electron chi connectivity index (χ1n) is 5.36. The van der Waals surface area contributed by atoms with Crippen LogP contribution in [0.4, 0.5) is 0 Å². The zero-order valence-corrected chi connectivity index (χ0v) is 9.12. The Bertz CT molecular complexity index is 235. The predicted octanol–water partition coefficient (Wildman–Crippen LogP) is 1.29. The minimum Gasteiger partial charge on any atom is -0.337 e. The van der Waals surface area contributed by atoms with Crippen LogP contribution in [0.3, 0.4) is 0 Å². The van der Waals surface area contributed by atoms with E-state index in [-0.39, 0.29) is 11.9 Å². The number of carbonyl (C=O) groups is 1. The maximum absolute atomic E-state index is 11.8. The van der Waals surface area contributed by atoms with Gasteiger partial charge in [-0.1, -0.05) is 13.0 Å². The summed E-state index contributed by atoms with van der Waals surface area (Å²) in [7, 11) is 0. The molecule has 0 radical (unpaired) electrons. The number of hydrogen-bond acceptors (Lipinski definition) is 2. The van der Waals surface area contributed by atoms with Gasteiger partial charge in [0, 0.05) is 24.7 Å². The minimum absolute atomic E-state index is 0.155. The van der Waals surface area contributed by atoms with Crippen molar-refractivity contribution in [2.75, 3.05) is 13.1 Å². The van der Waals surface area contributed by atoms with E-state index >= 15 is 0 Å². The molecule has 2 N–H and O–H groups in total. The molecule has 0 saturated carbocycles. The second kappa shape index (κ2) is 5.15. The summed E-state index contributed by atoms with van der Waals surface area (Å²) in [4.78, 5) is 13.7. The number of amides is 1. The first-order valence-corrected chi connectivity index (χ1v) is 5.36. The predicted molar refractivity (Wildman–Crippen MR) is 57.8 cm³/mol. The standard InChI is InChI=1S/C11H20N2O/c1-3-5-9(2)11(14)13-7-4-6-10(12)8-13/h5,10H,3-4,6-8,12H2,1-2H3. The zero-order chi connectivity index (χ0) is 10.6. The number of rotatable bonds is 2. The molecular formula is C11H20N2O. The second-order valence-electron chi connectivity index (χ2n) is 3.95. The van der Waals surface area contributed by atoms with Crippen molar-refractivity contribution in [1.29, 1.82) is 0 Å². The first-order chi connectivity index (χ1) is 6.65. The molecule has 1 atom stereocenters. The van der Waals surface area contributed by atoms with E-state index in [2.05, 4.69) is 0 Å². The van der Waals surface area contributed by atoms with Gasteiger partial charge in [-0.15, -0.1) is 0 Å². The lowest BCUT2D eigenvalue weighted by Crippen LogP contribution is -2.45. The van der Waals surface area contributed by atoms with E-state index in [1.54, 1.807) is 0 Å². The summed E-state index contributed by atoms with van der Waals surface area (Å²) in [5, 5.41) is 0. The smallest absolute Gasteiger partial charge is 0.249 e. The van der Waals surface area contributed by atoms with Crippen LogP contribution in [0.15, 0.2) is 11.6 Å². The second-order valence-corrected chi connectivity index (χ2v) is 3.95. The van der Waals surface area contributed by atoms with Crippen LogP contribution in [0.2, 0.25) is 0 Å². The van der Waals surface area contributed by atoms with Crippen molar-refractivity contribution in [2.24, 2.45) is 5.73 Å². The van der Waals surface area contributed by atoms with E-state index in [0.29, 0.717) is 6.54 Å². The average molecular weight is 196 g/mol. The third kappa shape index (κ3) is 2.84. The highest BCUT2D eigenvalue weighted by Crippen LogP contribution is 2.11. The van der Waals surface area contributed by atoms with Gasteiger partial charge in [0.1, 0.15) is 0 Å². The molecule has 0 aromatic carbocycles. The maximum Gasteiger partial charge on any atom is 0.249 e. The van der Waals surface area contributed by atoms with Crippen molar-refractivity contribution in [3.8, 4) is 0 Å². The molecule has 3 nitrogen and oxygen atoms in total. The number of likely N-dealkylation sites (tertiary alicyclic amines) is 1. The Morgan fingerprint density at radius 1 is 1.64 bits per heavy atom. The highest BCUT2D eigenvalue weighted by Gasteiger charge is 2.21. The Labute approximate surface area is 86.0 Å². The van der Waals surface area contributed by atoms with E-state index in [1.807, 2.05) is 24.8 Å². The van der Waals surface area contributed by atoms with Crippen molar-refractivity contribution in [3.05, 3.63) is 11.6 Å². The van der Waals surface area contributed by atoms with Crippen LogP contribution < -0.4 is 5.73 Å². The largest absolute Gasteiger partial charge is 0.337 e. The Balaban J connectivity index is 2.55. The van der Waals surface area contributed by atoms with Gasteiger partial charge in [0.2, 0.25) is 5.91 Å². The van der Waals surface area contributed by atoms with E-state index < -0.39 is 0 Å². The molecule has 0 bridgehead atoms. The lowest BCUT2D eigenvalue weighted by atomic mass is 10.1. The lowest BCUT2D eigenvalue weighted by Gasteiger charge is -2.31. The molecule has 1 rings (SSSR count). The number of nitrogens with two attached hydrogens (primary N) is 1. The molecule has 1 aliphatic rings. The summed E-state index contributed by atoms with van der Waals surface area (Å²) >= 11 is 0. The van der Waals surface area contributed by atoms with Crippen molar-refractivity contribution in [1.82, 2.24) is 4.90 Å². The van der Waals surface area contributed by atoms with Crippen molar-refractivity contribution >= 4 is 5.91 Å². The third-order valence-corrected chi connectivity index (χ3v) is 2.59. The van der Waals surface area contributed by atoms with Crippen LogP contribution in [-0.4, -0.2) is 29.9 Å². The van der Waals surface area contributed by atoms with E-state index in [0.717, 1.165) is 31.4 Å². The fourth-order valence-corrected chi connectivity index (χ4v) is 1.84. The van der Waals surface area contributed by atoms with Gasteiger partial charge in [0.05, 0.1) is 0 Å². The van der Waals surface area contributed by atoms with Gasteiger partial charge in [-0.3, -0.25) is 4.79 Å². The van der Waals surface area contributed by atoms with Crippen LogP contribution in [0.5, 0.6) is 0 Å².